The highest BCUT2D eigenvalue weighted by molar-refractivity contribution is 8.05. The van der Waals surface area contributed by atoms with Gasteiger partial charge in [0, 0.05) is 59.2 Å². The second-order valence-electron chi connectivity index (χ2n) is 5.07. The quantitative estimate of drug-likeness (QED) is 0.218. The molecule has 26 heavy (non-hydrogen) atoms. The van der Waals surface area contributed by atoms with Gasteiger partial charge in [-0.1, -0.05) is 0 Å². The molecule has 0 spiro atoms. The standard InChI is InChI=1S/C18H38O4S4/c1-3-19-5-7-21-9-11-23-13-15-25-17-18-26-16-14-24-12-10-22-8-6-20-4-2/h3-18H2,1-2H3. The van der Waals surface area contributed by atoms with Crippen molar-refractivity contribution >= 4 is 47.0 Å². The van der Waals surface area contributed by atoms with Gasteiger partial charge in [-0.25, -0.2) is 0 Å². The van der Waals surface area contributed by atoms with Crippen LogP contribution >= 0.6 is 47.0 Å². The summed E-state index contributed by atoms with van der Waals surface area (Å²) in [6, 6.07) is 0. The zero-order valence-electron chi connectivity index (χ0n) is 16.6. The molecule has 0 aliphatic carbocycles. The van der Waals surface area contributed by atoms with Crippen molar-refractivity contribution < 1.29 is 18.9 Å². The van der Waals surface area contributed by atoms with Crippen LogP contribution in [0.1, 0.15) is 13.8 Å². The average Bonchev–Trinajstić information content (AvgIpc) is 2.66. The summed E-state index contributed by atoms with van der Waals surface area (Å²) in [5.74, 6) is 9.66. The predicted octanol–water partition coefficient (Wildman–Crippen LogP) is 4.03. The topological polar surface area (TPSA) is 36.9 Å². The van der Waals surface area contributed by atoms with E-state index < -0.39 is 0 Å². The zero-order valence-corrected chi connectivity index (χ0v) is 19.8. The van der Waals surface area contributed by atoms with Gasteiger partial charge in [0.25, 0.3) is 0 Å². The molecule has 0 rings (SSSR count). The van der Waals surface area contributed by atoms with E-state index in [0.717, 1.165) is 64.4 Å². The highest BCUT2D eigenvalue weighted by atomic mass is 32.2. The van der Waals surface area contributed by atoms with Crippen molar-refractivity contribution in [3.05, 3.63) is 0 Å². The fraction of sp³-hybridized carbons (Fsp3) is 1.00. The number of rotatable bonds is 23. The van der Waals surface area contributed by atoms with Gasteiger partial charge >= 0.3 is 0 Å². The van der Waals surface area contributed by atoms with Gasteiger partial charge in [0.05, 0.1) is 39.6 Å². The molecular weight excluding hydrogens is 408 g/mol. The van der Waals surface area contributed by atoms with E-state index in [4.69, 9.17) is 18.9 Å². The zero-order chi connectivity index (χ0) is 19.0. The van der Waals surface area contributed by atoms with Crippen LogP contribution in [-0.4, -0.2) is 98.9 Å². The Morgan fingerprint density at radius 2 is 0.692 bits per heavy atom. The Hall–Kier alpha value is 1.24. The van der Waals surface area contributed by atoms with Crippen molar-refractivity contribution in [3.63, 3.8) is 0 Å². The second kappa shape index (κ2) is 26.2. The summed E-state index contributed by atoms with van der Waals surface area (Å²) < 4.78 is 21.4. The lowest BCUT2D eigenvalue weighted by atomic mass is 10.7. The molecule has 0 N–H and O–H groups in total. The first-order valence-electron chi connectivity index (χ1n) is 9.53. The van der Waals surface area contributed by atoms with Crippen LogP contribution in [0.5, 0.6) is 0 Å². The highest BCUT2D eigenvalue weighted by Crippen LogP contribution is 2.12. The fourth-order valence-electron chi connectivity index (χ4n) is 1.73. The van der Waals surface area contributed by atoms with Gasteiger partial charge in [-0.05, 0) is 13.8 Å². The van der Waals surface area contributed by atoms with E-state index in [1.807, 2.05) is 37.4 Å². The molecule has 0 fully saturated rings. The third kappa shape index (κ3) is 25.2. The fourth-order valence-corrected chi connectivity index (χ4v) is 5.84. The molecule has 0 aromatic rings. The molecule has 0 radical (unpaired) electrons. The molecule has 0 unspecified atom stereocenters. The van der Waals surface area contributed by atoms with Gasteiger partial charge in [-0.15, -0.1) is 0 Å². The third-order valence-electron chi connectivity index (χ3n) is 3.01. The molecule has 0 atom stereocenters. The summed E-state index contributed by atoms with van der Waals surface area (Å²) in [5.41, 5.74) is 0. The number of hydrogen-bond acceptors (Lipinski definition) is 8. The maximum Gasteiger partial charge on any atom is 0.0700 e. The molecule has 0 saturated carbocycles. The van der Waals surface area contributed by atoms with Gasteiger partial charge in [0.15, 0.2) is 0 Å². The molecule has 0 aromatic carbocycles. The van der Waals surface area contributed by atoms with E-state index in [-0.39, 0.29) is 0 Å². The molecule has 8 heteroatoms. The molecule has 0 heterocycles. The Morgan fingerprint density at radius 1 is 0.385 bits per heavy atom. The van der Waals surface area contributed by atoms with Crippen molar-refractivity contribution in [2.45, 2.75) is 13.8 Å². The van der Waals surface area contributed by atoms with Crippen LogP contribution in [0, 0.1) is 0 Å². The highest BCUT2D eigenvalue weighted by Gasteiger charge is 1.95. The summed E-state index contributed by atoms with van der Waals surface area (Å²) in [7, 11) is 0. The van der Waals surface area contributed by atoms with Gasteiger partial charge in [-0.3, -0.25) is 0 Å². The predicted molar refractivity (Wildman–Crippen MR) is 124 cm³/mol. The van der Waals surface area contributed by atoms with Crippen molar-refractivity contribution in [1.82, 2.24) is 0 Å². The smallest absolute Gasteiger partial charge is 0.0700 e. The molecule has 0 saturated heterocycles. The summed E-state index contributed by atoms with van der Waals surface area (Å²) in [5, 5.41) is 0. The minimum atomic E-state index is 0.718. The molecular formula is C18H38O4S4. The number of thioether (sulfide) groups is 4. The summed E-state index contributed by atoms with van der Waals surface area (Å²) in [6.45, 7) is 10.1. The van der Waals surface area contributed by atoms with Gasteiger partial charge in [-0.2, -0.15) is 47.0 Å². The Balaban J connectivity index is 2.95. The van der Waals surface area contributed by atoms with Gasteiger partial charge in [0.2, 0.25) is 0 Å². The first-order chi connectivity index (χ1) is 12.9. The largest absolute Gasteiger partial charge is 0.379 e. The SMILES string of the molecule is CCOCCOCCSCCSCCSCCSCCOCCOCC. The number of hydrogen-bond donors (Lipinski definition) is 0. The van der Waals surface area contributed by atoms with E-state index in [2.05, 4.69) is 23.5 Å². The summed E-state index contributed by atoms with van der Waals surface area (Å²) in [6.07, 6.45) is 0. The van der Waals surface area contributed by atoms with E-state index in [1.54, 1.807) is 0 Å². The van der Waals surface area contributed by atoms with Crippen molar-refractivity contribution in [3.8, 4) is 0 Å². The molecule has 158 valence electrons. The normalized spacial score (nSPS) is 11.3. The number of ether oxygens (including phenoxy) is 4. The minimum Gasteiger partial charge on any atom is -0.379 e. The van der Waals surface area contributed by atoms with Crippen LogP contribution in [0.15, 0.2) is 0 Å². The van der Waals surface area contributed by atoms with Crippen LogP contribution in [0.3, 0.4) is 0 Å². The lowest BCUT2D eigenvalue weighted by Crippen LogP contribution is -2.06. The molecule has 0 aromatic heterocycles. The molecule has 0 aliphatic rings. The van der Waals surface area contributed by atoms with Crippen molar-refractivity contribution in [2.75, 3.05) is 98.9 Å². The van der Waals surface area contributed by atoms with E-state index in [9.17, 15) is 0 Å². The Morgan fingerprint density at radius 3 is 1.04 bits per heavy atom. The summed E-state index contributed by atoms with van der Waals surface area (Å²) in [4.78, 5) is 0. The lowest BCUT2D eigenvalue weighted by Gasteiger charge is -2.05. The molecule has 0 aliphatic heterocycles. The first kappa shape index (κ1) is 27.2. The van der Waals surface area contributed by atoms with E-state index in [0.29, 0.717) is 0 Å². The monoisotopic (exact) mass is 446 g/mol. The van der Waals surface area contributed by atoms with Crippen LogP contribution in [0.25, 0.3) is 0 Å². The minimum absolute atomic E-state index is 0.718. The van der Waals surface area contributed by atoms with Crippen LogP contribution < -0.4 is 0 Å². The third-order valence-corrected chi connectivity index (χ3v) is 7.66. The first-order valence-corrected chi connectivity index (χ1v) is 14.2. The van der Waals surface area contributed by atoms with Crippen molar-refractivity contribution in [2.24, 2.45) is 0 Å². The maximum atomic E-state index is 5.49. The molecule has 0 bridgehead atoms. The second-order valence-corrected chi connectivity index (χ2v) is 9.97. The Labute approximate surface area is 178 Å². The molecule has 0 amide bonds. The van der Waals surface area contributed by atoms with Crippen LogP contribution in [-0.2, 0) is 18.9 Å². The van der Waals surface area contributed by atoms with E-state index >= 15 is 0 Å². The van der Waals surface area contributed by atoms with Crippen molar-refractivity contribution in [1.29, 1.82) is 0 Å². The Kier molecular flexibility index (Phi) is 27.5. The van der Waals surface area contributed by atoms with E-state index in [1.165, 1.54) is 34.5 Å². The van der Waals surface area contributed by atoms with Gasteiger partial charge in [0.1, 0.15) is 0 Å². The summed E-state index contributed by atoms with van der Waals surface area (Å²) >= 11 is 8.11. The van der Waals surface area contributed by atoms with Crippen LogP contribution in [0.4, 0.5) is 0 Å². The van der Waals surface area contributed by atoms with Crippen LogP contribution in [0.2, 0.25) is 0 Å². The average molecular weight is 447 g/mol. The Bertz CT molecular complexity index is 227. The molecule has 4 nitrogen and oxygen atoms in total. The lowest BCUT2D eigenvalue weighted by molar-refractivity contribution is 0.0594. The van der Waals surface area contributed by atoms with Gasteiger partial charge < -0.3 is 18.9 Å². The maximum absolute atomic E-state index is 5.49.